The Morgan fingerprint density at radius 2 is 1.81 bits per heavy atom. The maximum Gasteiger partial charge on any atom is 0.151 e. The zero-order valence-corrected chi connectivity index (χ0v) is 13.5. The molecule has 1 fully saturated rings. The summed E-state index contributed by atoms with van der Waals surface area (Å²) in [5, 5.41) is 0. The molecule has 0 unspecified atom stereocenters. The quantitative estimate of drug-likeness (QED) is 0.732. The predicted molar refractivity (Wildman–Crippen MR) is 93.3 cm³/mol. The molecule has 0 spiro atoms. The zero-order chi connectivity index (χ0) is 14.2. The molecule has 0 bridgehead atoms. The third-order valence-corrected chi connectivity index (χ3v) is 6.97. The van der Waals surface area contributed by atoms with Crippen molar-refractivity contribution < 1.29 is 4.74 Å². The second-order valence-corrected chi connectivity index (χ2v) is 7.84. The molecule has 0 aromatic heterocycles. The lowest BCUT2D eigenvalue weighted by Crippen LogP contribution is -2.20. The third kappa shape index (κ3) is 2.30. The Hall–Kier alpha value is -1.26. The first-order valence-electron chi connectivity index (χ1n) is 7.28. The maximum absolute atomic E-state index is 6.15. The summed E-state index contributed by atoms with van der Waals surface area (Å²) in [4.78, 5) is 2.33. The number of rotatable bonds is 2. The molecule has 2 aromatic rings. The minimum atomic E-state index is 0.561. The van der Waals surface area contributed by atoms with Gasteiger partial charge in [0, 0.05) is 18.1 Å². The molecule has 0 saturated carbocycles. The molecular weight excluding hydrogens is 298 g/mol. The first-order chi connectivity index (χ1) is 10.4. The Bertz CT molecular complexity index is 668. The van der Waals surface area contributed by atoms with E-state index in [9.17, 15) is 0 Å². The van der Waals surface area contributed by atoms with Crippen LogP contribution in [0, 0.1) is 0 Å². The van der Waals surface area contributed by atoms with Crippen molar-refractivity contribution in [2.24, 2.45) is 0 Å². The molecule has 0 N–H and O–H groups in total. The normalized spacial score (nSPS) is 17.3. The number of para-hydroxylation sites is 2. The van der Waals surface area contributed by atoms with E-state index in [1.807, 2.05) is 35.7 Å². The predicted octanol–water partition coefficient (Wildman–Crippen LogP) is 5.43. The molecule has 0 amide bonds. The molecule has 21 heavy (non-hydrogen) atoms. The van der Waals surface area contributed by atoms with Crippen LogP contribution in [-0.4, -0.2) is 18.1 Å². The van der Waals surface area contributed by atoms with Crippen LogP contribution >= 0.6 is 23.5 Å². The van der Waals surface area contributed by atoms with Crippen molar-refractivity contribution in [1.82, 2.24) is 0 Å². The van der Waals surface area contributed by atoms with Gasteiger partial charge in [-0.2, -0.15) is 0 Å². The van der Waals surface area contributed by atoms with E-state index in [1.54, 1.807) is 0 Å². The van der Waals surface area contributed by atoms with Crippen molar-refractivity contribution in [1.29, 1.82) is 0 Å². The zero-order valence-electron chi connectivity index (χ0n) is 11.9. The number of hydrogen-bond acceptors (Lipinski definition) is 4. The summed E-state index contributed by atoms with van der Waals surface area (Å²) in [6.07, 6.45) is 0. The van der Waals surface area contributed by atoms with Crippen molar-refractivity contribution in [2.75, 3.05) is 23.0 Å². The number of ether oxygens (including phenoxy) is 1. The molecule has 0 aliphatic carbocycles. The number of hydrogen-bond donors (Lipinski definition) is 0. The fraction of sp³-hybridized carbons (Fsp3) is 0.294. The molecular formula is C17H17NOS2. The van der Waals surface area contributed by atoms with Gasteiger partial charge in [-0.25, -0.2) is 0 Å². The average molecular weight is 315 g/mol. The number of fused-ring (bicyclic) bond motifs is 2. The summed E-state index contributed by atoms with van der Waals surface area (Å²) in [5.41, 5.74) is 3.70. The van der Waals surface area contributed by atoms with Crippen molar-refractivity contribution >= 4 is 34.9 Å². The lowest BCUT2D eigenvalue weighted by Gasteiger charge is -2.32. The first-order valence-corrected chi connectivity index (χ1v) is 9.38. The largest absolute Gasteiger partial charge is 0.453 e. The number of nitrogens with zero attached hydrogens (tertiary/aromatic N) is 1. The van der Waals surface area contributed by atoms with Crippen LogP contribution in [0.25, 0.3) is 0 Å². The van der Waals surface area contributed by atoms with Crippen LogP contribution in [0.3, 0.4) is 0 Å². The van der Waals surface area contributed by atoms with Gasteiger partial charge in [0.05, 0.1) is 16.0 Å². The highest BCUT2D eigenvalue weighted by atomic mass is 32.2. The molecule has 2 aliphatic rings. The highest BCUT2D eigenvalue weighted by Crippen LogP contribution is 2.50. The molecule has 2 aromatic carbocycles. The van der Waals surface area contributed by atoms with E-state index in [0.717, 1.165) is 23.7 Å². The fourth-order valence-electron chi connectivity index (χ4n) is 2.89. The van der Waals surface area contributed by atoms with E-state index < -0.39 is 0 Å². The molecule has 108 valence electrons. The van der Waals surface area contributed by atoms with Crippen molar-refractivity contribution in [3.63, 3.8) is 0 Å². The molecule has 0 radical (unpaired) electrons. The Balaban J connectivity index is 1.76. The second kappa shape index (κ2) is 5.50. The van der Waals surface area contributed by atoms with Crippen LogP contribution in [0.15, 0.2) is 42.5 Å². The molecule has 2 aliphatic heterocycles. The molecule has 4 rings (SSSR count). The van der Waals surface area contributed by atoms with Crippen LogP contribution in [0.1, 0.15) is 17.1 Å². The van der Waals surface area contributed by atoms with Gasteiger partial charge in [-0.05, 0) is 36.8 Å². The van der Waals surface area contributed by atoms with E-state index in [-0.39, 0.29) is 0 Å². The van der Waals surface area contributed by atoms with Gasteiger partial charge in [-0.1, -0.05) is 18.2 Å². The van der Waals surface area contributed by atoms with Gasteiger partial charge in [-0.3, -0.25) is 0 Å². The highest BCUT2D eigenvalue weighted by Gasteiger charge is 2.25. The van der Waals surface area contributed by atoms with E-state index in [0.29, 0.717) is 4.58 Å². The summed E-state index contributed by atoms with van der Waals surface area (Å²) in [5.74, 6) is 4.44. The molecule has 0 atom stereocenters. The smallest absolute Gasteiger partial charge is 0.151 e. The summed E-state index contributed by atoms with van der Waals surface area (Å²) < 4.78 is 6.71. The van der Waals surface area contributed by atoms with E-state index in [2.05, 4.69) is 42.2 Å². The number of benzene rings is 2. The monoisotopic (exact) mass is 315 g/mol. The van der Waals surface area contributed by atoms with Gasteiger partial charge in [-0.15, -0.1) is 23.5 Å². The maximum atomic E-state index is 6.15. The van der Waals surface area contributed by atoms with Crippen LogP contribution in [0.5, 0.6) is 11.5 Å². The van der Waals surface area contributed by atoms with Gasteiger partial charge in [0.15, 0.2) is 11.5 Å². The molecule has 1 saturated heterocycles. The van der Waals surface area contributed by atoms with Gasteiger partial charge < -0.3 is 9.64 Å². The van der Waals surface area contributed by atoms with Gasteiger partial charge in [0.2, 0.25) is 0 Å². The number of thioether (sulfide) groups is 2. The van der Waals surface area contributed by atoms with Crippen LogP contribution in [0.4, 0.5) is 11.4 Å². The Labute approximate surface area is 133 Å². The third-order valence-electron chi connectivity index (χ3n) is 3.86. The summed E-state index contributed by atoms with van der Waals surface area (Å²) in [6.45, 7) is 3.13. The fourth-order valence-corrected chi connectivity index (χ4v) is 5.73. The van der Waals surface area contributed by atoms with Crippen molar-refractivity contribution in [3.05, 3.63) is 48.0 Å². The minimum absolute atomic E-state index is 0.561. The molecule has 2 heterocycles. The first kappa shape index (κ1) is 13.4. The minimum Gasteiger partial charge on any atom is -0.453 e. The standard InChI is InChI=1S/C17H17NOS2/c1-2-18-13-5-3-4-6-15(13)19-16-11-12(7-8-14(16)18)17-20-9-10-21-17/h3-8,11,17H,2,9-10H2,1H3. The Morgan fingerprint density at radius 1 is 1.05 bits per heavy atom. The summed E-state index contributed by atoms with van der Waals surface area (Å²) >= 11 is 4.06. The van der Waals surface area contributed by atoms with E-state index in [1.165, 1.54) is 22.8 Å². The SMILES string of the molecule is CCN1c2ccccc2Oc2cc(C3SCCS3)ccc21. The molecule has 2 nitrogen and oxygen atoms in total. The van der Waals surface area contributed by atoms with Crippen LogP contribution < -0.4 is 9.64 Å². The van der Waals surface area contributed by atoms with Gasteiger partial charge in [0.1, 0.15) is 0 Å². The molecule has 4 heteroatoms. The van der Waals surface area contributed by atoms with Gasteiger partial charge >= 0.3 is 0 Å². The van der Waals surface area contributed by atoms with Crippen molar-refractivity contribution in [3.8, 4) is 11.5 Å². The lowest BCUT2D eigenvalue weighted by atomic mass is 10.1. The highest BCUT2D eigenvalue weighted by molar-refractivity contribution is 8.19. The summed E-state index contributed by atoms with van der Waals surface area (Å²) in [7, 11) is 0. The summed E-state index contributed by atoms with van der Waals surface area (Å²) in [6, 6.07) is 15.0. The van der Waals surface area contributed by atoms with E-state index >= 15 is 0 Å². The Kier molecular flexibility index (Phi) is 3.51. The average Bonchev–Trinajstić information content (AvgIpc) is 3.06. The second-order valence-electron chi connectivity index (χ2n) is 5.11. The number of anilines is 2. The van der Waals surface area contributed by atoms with Crippen molar-refractivity contribution in [2.45, 2.75) is 11.5 Å². The van der Waals surface area contributed by atoms with Gasteiger partial charge in [0.25, 0.3) is 0 Å². The lowest BCUT2D eigenvalue weighted by molar-refractivity contribution is 0.473. The Morgan fingerprint density at radius 3 is 2.62 bits per heavy atom. The van der Waals surface area contributed by atoms with E-state index in [4.69, 9.17) is 4.74 Å². The van der Waals surface area contributed by atoms with Crippen LogP contribution in [-0.2, 0) is 0 Å². The topological polar surface area (TPSA) is 12.5 Å². The van der Waals surface area contributed by atoms with Crippen LogP contribution in [0.2, 0.25) is 0 Å².